The van der Waals surface area contributed by atoms with E-state index in [2.05, 4.69) is 6.92 Å². The second-order valence-electron chi connectivity index (χ2n) is 6.78. The first-order valence-corrected chi connectivity index (χ1v) is 10.0. The fraction of sp³-hybridized carbons (Fsp3) is 0.500. The molecule has 0 aliphatic rings. The van der Waals surface area contributed by atoms with Crippen molar-refractivity contribution in [2.24, 2.45) is 7.05 Å². The minimum absolute atomic E-state index is 0.00161. The largest absolute Gasteiger partial charge is 0.353 e. The van der Waals surface area contributed by atoms with Gasteiger partial charge in [-0.15, -0.1) is 11.3 Å². The van der Waals surface area contributed by atoms with Gasteiger partial charge in [-0.3, -0.25) is 9.59 Å². The van der Waals surface area contributed by atoms with E-state index in [0.717, 1.165) is 18.5 Å². The smallest absolute Gasteiger partial charge is 0.264 e. The summed E-state index contributed by atoms with van der Waals surface area (Å²) >= 11 is 1.41. The van der Waals surface area contributed by atoms with Gasteiger partial charge in [0.25, 0.3) is 5.91 Å². The number of unbranched alkanes of at least 4 members (excludes halogenated alkanes) is 1. The van der Waals surface area contributed by atoms with Gasteiger partial charge in [0.05, 0.1) is 11.4 Å². The lowest BCUT2D eigenvalue weighted by Gasteiger charge is -2.30. The normalized spacial score (nSPS) is 11.0. The van der Waals surface area contributed by atoms with Crippen LogP contribution in [0.1, 0.15) is 49.0 Å². The molecule has 6 heteroatoms. The molecule has 5 nitrogen and oxygen atoms in total. The molecule has 2 aromatic heterocycles. The second-order valence-corrected chi connectivity index (χ2v) is 7.73. The summed E-state index contributed by atoms with van der Waals surface area (Å²) in [6, 6.07) is 7.66. The Morgan fingerprint density at radius 2 is 2.00 bits per heavy atom. The standard InChI is InChI=1S/C20H29N3O2S/c1-5-6-12-22(14-17-9-7-11-21(17)4)19(24)15-23(16(2)3)20(25)18-10-8-13-26-18/h7-11,13,16H,5-6,12,14-15H2,1-4H3. The topological polar surface area (TPSA) is 45.6 Å². The third-order valence-corrected chi connectivity index (χ3v) is 5.32. The summed E-state index contributed by atoms with van der Waals surface area (Å²) in [5.74, 6) is -0.0732. The van der Waals surface area contributed by atoms with Crippen molar-refractivity contribution in [3.05, 3.63) is 46.4 Å². The SMILES string of the molecule is CCCCN(Cc1cccn1C)C(=O)CN(C(=O)c1cccs1)C(C)C. The molecule has 2 rings (SSSR count). The van der Waals surface area contributed by atoms with Crippen molar-refractivity contribution in [3.63, 3.8) is 0 Å². The van der Waals surface area contributed by atoms with Crippen molar-refractivity contribution >= 4 is 23.2 Å². The summed E-state index contributed by atoms with van der Waals surface area (Å²) in [5.41, 5.74) is 1.09. The maximum atomic E-state index is 13.0. The highest BCUT2D eigenvalue weighted by Gasteiger charge is 2.25. The van der Waals surface area contributed by atoms with Crippen molar-refractivity contribution in [3.8, 4) is 0 Å². The fourth-order valence-corrected chi connectivity index (χ4v) is 3.45. The first-order valence-electron chi connectivity index (χ1n) is 9.16. The zero-order chi connectivity index (χ0) is 19.1. The summed E-state index contributed by atoms with van der Waals surface area (Å²) in [7, 11) is 1.98. The summed E-state index contributed by atoms with van der Waals surface area (Å²) in [5, 5.41) is 1.89. The Balaban J connectivity index is 2.12. The minimum Gasteiger partial charge on any atom is -0.353 e. The Bertz CT molecular complexity index is 706. The highest BCUT2D eigenvalue weighted by atomic mass is 32.1. The number of thiophene rings is 1. The average molecular weight is 376 g/mol. The zero-order valence-corrected chi connectivity index (χ0v) is 17.0. The number of carbonyl (C=O) groups is 2. The number of hydrogen-bond donors (Lipinski definition) is 0. The lowest BCUT2D eigenvalue weighted by Crippen LogP contribution is -2.45. The number of aromatic nitrogens is 1. The van der Waals surface area contributed by atoms with Gasteiger partial charge in [-0.25, -0.2) is 0 Å². The molecule has 0 aliphatic heterocycles. The lowest BCUT2D eigenvalue weighted by molar-refractivity contribution is -0.133. The Hall–Kier alpha value is -2.08. The second kappa shape index (κ2) is 9.57. The summed E-state index contributed by atoms with van der Waals surface area (Å²) in [6.07, 6.45) is 3.97. The molecule has 2 heterocycles. The molecule has 0 saturated heterocycles. The molecule has 0 aliphatic carbocycles. The highest BCUT2D eigenvalue weighted by Crippen LogP contribution is 2.15. The Morgan fingerprint density at radius 1 is 1.23 bits per heavy atom. The number of hydrogen-bond acceptors (Lipinski definition) is 3. The van der Waals surface area contributed by atoms with Crippen LogP contribution in [0.25, 0.3) is 0 Å². The molecule has 0 atom stereocenters. The molecule has 2 aromatic rings. The molecular weight excluding hydrogens is 346 g/mol. The predicted molar refractivity (Wildman–Crippen MR) is 106 cm³/mol. The predicted octanol–water partition coefficient (Wildman–Crippen LogP) is 3.77. The zero-order valence-electron chi connectivity index (χ0n) is 16.1. The van der Waals surface area contributed by atoms with Crippen LogP contribution < -0.4 is 0 Å². The van der Waals surface area contributed by atoms with Crippen LogP contribution in [0.4, 0.5) is 0 Å². The quantitative estimate of drug-likeness (QED) is 0.670. The van der Waals surface area contributed by atoms with E-state index in [9.17, 15) is 9.59 Å². The molecule has 2 amide bonds. The summed E-state index contributed by atoms with van der Waals surface area (Å²) in [4.78, 5) is 30.0. The van der Waals surface area contributed by atoms with Gasteiger partial charge in [-0.05, 0) is 43.8 Å². The van der Waals surface area contributed by atoms with Crippen molar-refractivity contribution in [2.45, 2.75) is 46.2 Å². The molecule has 0 bridgehead atoms. The fourth-order valence-electron chi connectivity index (χ4n) is 2.77. The van der Waals surface area contributed by atoms with E-state index in [-0.39, 0.29) is 24.4 Å². The van der Waals surface area contributed by atoms with Crippen molar-refractivity contribution < 1.29 is 9.59 Å². The monoisotopic (exact) mass is 375 g/mol. The van der Waals surface area contributed by atoms with Gasteiger partial charge in [-0.1, -0.05) is 19.4 Å². The number of carbonyl (C=O) groups excluding carboxylic acids is 2. The lowest BCUT2D eigenvalue weighted by atomic mass is 10.2. The third-order valence-electron chi connectivity index (χ3n) is 4.46. The van der Waals surface area contributed by atoms with Gasteiger partial charge in [0, 0.05) is 31.5 Å². The maximum absolute atomic E-state index is 13.0. The third kappa shape index (κ3) is 5.21. The van der Waals surface area contributed by atoms with Crippen LogP contribution in [0, 0.1) is 0 Å². The van der Waals surface area contributed by atoms with Crippen LogP contribution >= 0.6 is 11.3 Å². The first kappa shape index (κ1) is 20.2. The molecule has 142 valence electrons. The molecule has 0 aromatic carbocycles. The van der Waals surface area contributed by atoms with Crippen LogP contribution in [0.2, 0.25) is 0 Å². The average Bonchev–Trinajstić information content (AvgIpc) is 3.27. The van der Waals surface area contributed by atoms with E-state index >= 15 is 0 Å². The molecule has 0 unspecified atom stereocenters. The Labute approximate surface area is 160 Å². The van der Waals surface area contributed by atoms with Crippen LogP contribution in [-0.2, 0) is 18.4 Å². The van der Waals surface area contributed by atoms with Crippen molar-refractivity contribution in [1.82, 2.24) is 14.4 Å². The van der Waals surface area contributed by atoms with E-state index in [0.29, 0.717) is 18.0 Å². The van der Waals surface area contributed by atoms with Crippen LogP contribution in [-0.4, -0.2) is 45.3 Å². The van der Waals surface area contributed by atoms with Gasteiger partial charge in [0.1, 0.15) is 6.54 Å². The molecule has 0 saturated carbocycles. The van der Waals surface area contributed by atoms with E-state index in [1.54, 1.807) is 4.90 Å². The van der Waals surface area contributed by atoms with E-state index < -0.39 is 0 Å². The van der Waals surface area contributed by atoms with Gasteiger partial charge >= 0.3 is 0 Å². The Morgan fingerprint density at radius 3 is 2.54 bits per heavy atom. The van der Waals surface area contributed by atoms with Gasteiger partial charge in [0.15, 0.2) is 0 Å². The van der Waals surface area contributed by atoms with E-state index in [4.69, 9.17) is 0 Å². The number of nitrogens with zero attached hydrogens (tertiary/aromatic N) is 3. The van der Waals surface area contributed by atoms with Gasteiger partial charge in [-0.2, -0.15) is 0 Å². The van der Waals surface area contributed by atoms with Crippen molar-refractivity contribution in [2.75, 3.05) is 13.1 Å². The summed E-state index contributed by atoms with van der Waals surface area (Å²) < 4.78 is 2.03. The van der Waals surface area contributed by atoms with E-state index in [1.807, 2.05) is 66.2 Å². The molecular formula is C20H29N3O2S. The molecule has 0 N–H and O–H groups in total. The molecule has 0 fully saturated rings. The number of rotatable bonds is 9. The summed E-state index contributed by atoms with van der Waals surface area (Å²) in [6.45, 7) is 7.41. The first-order chi connectivity index (χ1) is 12.4. The number of amides is 2. The van der Waals surface area contributed by atoms with Crippen LogP contribution in [0.5, 0.6) is 0 Å². The minimum atomic E-state index is -0.0716. The molecule has 0 spiro atoms. The van der Waals surface area contributed by atoms with E-state index in [1.165, 1.54) is 11.3 Å². The van der Waals surface area contributed by atoms with Crippen LogP contribution in [0.15, 0.2) is 35.8 Å². The molecule has 0 radical (unpaired) electrons. The van der Waals surface area contributed by atoms with Gasteiger partial charge in [0.2, 0.25) is 5.91 Å². The number of aryl methyl sites for hydroxylation is 1. The molecule has 26 heavy (non-hydrogen) atoms. The van der Waals surface area contributed by atoms with Crippen LogP contribution in [0.3, 0.4) is 0 Å². The van der Waals surface area contributed by atoms with Gasteiger partial charge < -0.3 is 14.4 Å². The highest BCUT2D eigenvalue weighted by molar-refractivity contribution is 7.12. The Kier molecular flexibility index (Phi) is 7.45. The van der Waals surface area contributed by atoms with Crippen molar-refractivity contribution in [1.29, 1.82) is 0 Å². The maximum Gasteiger partial charge on any atom is 0.264 e.